The van der Waals surface area contributed by atoms with Crippen LogP contribution in [-0.2, 0) is 11.2 Å². The van der Waals surface area contributed by atoms with E-state index in [4.69, 9.17) is 11.6 Å². The van der Waals surface area contributed by atoms with Crippen LogP contribution in [0.1, 0.15) is 19.4 Å². The topological polar surface area (TPSA) is 44.9 Å². The molecule has 4 heteroatoms. The molecule has 0 radical (unpaired) electrons. The molecule has 0 spiro atoms. The standard InChI is InChI=1S/C15H19ClN2O/c1-15(2,10-16)14(19)17-8-7-11-9-18-13-6-4-3-5-12(11)13/h3-6,9,18H,7-8,10H2,1-2H3,(H,17,19). The first-order valence-electron chi connectivity index (χ1n) is 6.44. The third-order valence-electron chi connectivity index (χ3n) is 3.30. The van der Waals surface area contributed by atoms with E-state index in [9.17, 15) is 4.79 Å². The fourth-order valence-corrected chi connectivity index (χ4v) is 2.07. The first-order valence-corrected chi connectivity index (χ1v) is 6.97. The molecule has 0 fully saturated rings. The highest BCUT2D eigenvalue weighted by atomic mass is 35.5. The summed E-state index contributed by atoms with van der Waals surface area (Å²) in [6.07, 6.45) is 2.82. The van der Waals surface area contributed by atoms with Gasteiger partial charge in [0.15, 0.2) is 0 Å². The molecule has 1 amide bonds. The van der Waals surface area contributed by atoms with Crippen LogP contribution in [0.5, 0.6) is 0 Å². The number of halogens is 1. The van der Waals surface area contributed by atoms with Crippen LogP contribution in [0.2, 0.25) is 0 Å². The molecule has 102 valence electrons. The summed E-state index contributed by atoms with van der Waals surface area (Å²) in [5, 5.41) is 4.16. The first-order chi connectivity index (χ1) is 9.04. The maximum Gasteiger partial charge on any atom is 0.226 e. The minimum absolute atomic E-state index is 0.00217. The molecule has 2 N–H and O–H groups in total. The van der Waals surface area contributed by atoms with Gasteiger partial charge in [0.2, 0.25) is 5.91 Å². The van der Waals surface area contributed by atoms with Gasteiger partial charge in [-0.2, -0.15) is 0 Å². The maximum absolute atomic E-state index is 11.9. The number of aromatic nitrogens is 1. The average Bonchev–Trinajstić information content (AvgIpc) is 2.82. The Kier molecular flexibility index (Phi) is 4.15. The lowest BCUT2D eigenvalue weighted by Gasteiger charge is -2.20. The molecule has 0 saturated heterocycles. The van der Waals surface area contributed by atoms with Crippen molar-refractivity contribution >= 4 is 28.4 Å². The van der Waals surface area contributed by atoms with E-state index < -0.39 is 5.41 Å². The molecule has 0 saturated carbocycles. The lowest BCUT2D eigenvalue weighted by molar-refractivity contribution is -0.128. The van der Waals surface area contributed by atoms with Gasteiger partial charge in [0.1, 0.15) is 0 Å². The van der Waals surface area contributed by atoms with Crippen LogP contribution in [-0.4, -0.2) is 23.3 Å². The normalized spacial score (nSPS) is 11.7. The molecule has 0 aliphatic heterocycles. The van der Waals surface area contributed by atoms with Crippen molar-refractivity contribution in [3.63, 3.8) is 0 Å². The van der Waals surface area contributed by atoms with Gasteiger partial charge in [-0.15, -0.1) is 11.6 Å². The van der Waals surface area contributed by atoms with Gasteiger partial charge in [0.05, 0.1) is 5.41 Å². The third kappa shape index (κ3) is 3.10. The molecule has 0 atom stereocenters. The van der Waals surface area contributed by atoms with Gasteiger partial charge in [-0.1, -0.05) is 18.2 Å². The molecule has 0 aliphatic carbocycles. The number of hydrogen-bond acceptors (Lipinski definition) is 1. The molecule has 19 heavy (non-hydrogen) atoms. The van der Waals surface area contributed by atoms with Crippen LogP contribution in [0.3, 0.4) is 0 Å². The number of amides is 1. The van der Waals surface area contributed by atoms with Crippen LogP contribution < -0.4 is 5.32 Å². The van der Waals surface area contributed by atoms with Crippen molar-refractivity contribution in [3.8, 4) is 0 Å². The van der Waals surface area contributed by atoms with Crippen LogP contribution in [0.25, 0.3) is 10.9 Å². The molecule has 1 aromatic heterocycles. The summed E-state index contributed by atoms with van der Waals surface area (Å²) in [5.41, 5.74) is 1.84. The Bertz CT molecular complexity index is 574. The molecule has 2 rings (SSSR count). The largest absolute Gasteiger partial charge is 0.361 e. The zero-order chi connectivity index (χ0) is 13.9. The number of benzene rings is 1. The molecule has 0 bridgehead atoms. The monoisotopic (exact) mass is 278 g/mol. The van der Waals surface area contributed by atoms with Gasteiger partial charge in [-0.25, -0.2) is 0 Å². The average molecular weight is 279 g/mol. The fourth-order valence-electron chi connectivity index (χ4n) is 1.95. The zero-order valence-corrected chi connectivity index (χ0v) is 12.1. The summed E-state index contributed by atoms with van der Waals surface area (Å²) in [4.78, 5) is 15.1. The van der Waals surface area contributed by atoms with Crippen LogP contribution in [0.15, 0.2) is 30.5 Å². The van der Waals surface area contributed by atoms with Crippen LogP contribution in [0, 0.1) is 5.41 Å². The molecule has 1 aromatic carbocycles. The molecule has 2 aromatic rings. The molecular formula is C15H19ClN2O. The number of H-pyrrole nitrogens is 1. The van der Waals surface area contributed by atoms with Gasteiger partial charge < -0.3 is 10.3 Å². The van der Waals surface area contributed by atoms with Gasteiger partial charge in [-0.05, 0) is 31.9 Å². The van der Waals surface area contributed by atoms with Gasteiger partial charge in [0, 0.05) is 29.5 Å². The highest BCUT2D eigenvalue weighted by Crippen LogP contribution is 2.19. The zero-order valence-electron chi connectivity index (χ0n) is 11.3. The van der Waals surface area contributed by atoms with Crippen molar-refractivity contribution in [1.29, 1.82) is 0 Å². The summed E-state index contributed by atoms with van der Waals surface area (Å²) >= 11 is 5.78. The second kappa shape index (κ2) is 5.66. The van der Waals surface area contributed by atoms with Gasteiger partial charge in [0.25, 0.3) is 0 Å². The van der Waals surface area contributed by atoms with E-state index in [0.29, 0.717) is 12.4 Å². The van der Waals surface area contributed by atoms with E-state index in [1.807, 2.05) is 38.2 Å². The van der Waals surface area contributed by atoms with E-state index in [-0.39, 0.29) is 5.91 Å². The lowest BCUT2D eigenvalue weighted by atomic mass is 9.95. The Morgan fingerprint density at radius 1 is 1.37 bits per heavy atom. The second-order valence-electron chi connectivity index (χ2n) is 5.38. The Labute approximate surface area is 118 Å². The van der Waals surface area contributed by atoms with Crippen molar-refractivity contribution in [2.75, 3.05) is 12.4 Å². The van der Waals surface area contributed by atoms with Crippen molar-refractivity contribution < 1.29 is 4.79 Å². The van der Waals surface area contributed by atoms with Crippen LogP contribution in [0.4, 0.5) is 0 Å². The summed E-state index contributed by atoms with van der Waals surface area (Å²) in [6.45, 7) is 4.32. The molecule has 3 nitrogen and oxygen atoms in total. The first kappa shape index (κ1) is 13.9. The Balaban J connectivity index is 1.95. The van der Waals surface area contributed by atoms with Crippen LogP contribution >= 0.6 is 11.6 Å². The number of nitrogens with one attached hydrogen (secondary N) is 2. The van der Waals surface area contributed by atoms with E-state index in [0.717, 1.165) is 11.9 Å². The molecular weight excluding hydrogens is 260 g/mol. The van der Waals surface area contributed by atoms with Crippen molar-refractivity contribution in [3.05, 3.63) is 36.0 Å². The third-order valence-corrected chi connectivity index (χ3v) is 3.97. The van der Waals surface area contributed by atoms with E-state index in [1.165, 1.54) is 10.9 Å². The summed E-state index contributed by atoms with van der Waals surface area (Å²) in [7, 11) is 0. The summed E-state index contributed by atoms with van der Waals surface area (Å²) in [5.74, 6) is 0.327. The van der Waals surface area contributed by atoms with E-state index >= 15 is 0 Å². The number of hydrogen-bond donors (Lipinski definition) is 2. The van der Waals surface area contributed by atoms with Gasteiger partial charge >= 0.3 is 0 Å². The fraction of sp³-hybridized carbons (Fsp3) is 0.400. The van der Waals surface area contributed by atoms with E-state index in [2.05, 4.69) is 16.4 Å². The highest BCUT2D eigenvalue weighted by molar-refractivity contribution is 6.19. The smallest absolute Gasteiger partial charge is 0.226 e. The number of fused-ring (bicyclic) bond motifs is 1. The predicted octanol–water partition coefficient (Wildman–Crippen LogP) is 3.09. The van der Waals surface area contributed by atoms with Gasteiger partial charge in [-0.3, -0.25) is 4.79 Å². The SMILES string of the molecule is CC(C)(CCl)C(=O)NCCc1c[nH]c2ccccc12. The summed E-state index contributed by atoms with van der Waals surface area (Å²) in [6, 6.07) is 8.17. The number of carbonyl (C=O) groups is 1. The number of para-hydroxylation sites is 1. The second-order valence-corrected chi connectivity index (χ2v) is 5.65. The number of aromatic amines is 1. The predicted molar refractivity (Wildman–Crippen MR) is 79.5 cm³/mol. The lowest BCUT2D eigenvalue weighted by Crippen LogP contribution is -2.39. The van der Waals surface area contributed by atoms with E-state index in [1.54, 1.807) is 0 Å². The minimum atomic E-state index is -0.512. The highest BCUT2D eigenvalue weighted by Gasteiger charge is 2.25. The summed E-state index contributed by atoms with van der Waals surface area (Å²) < 4.78 is 0. The number of carbonyl (C=O) groups excluding carboxylic acids is 1. The van der Waals surface area contributed by atoms with Crippen molar-refractivity contribution in [2.45, 2.75) is 20.3 Å². The molecule has 1 heterocycles. The molecule has 0 aliphatic rings. The number of alkyl halides is 1. The molecule has 0 unspecified atom stereocenters. The Hall–Kier alpha value is -1.48. The van der Waals surface area contributed by atoms with Crippen molar-refractivity contribution in [1.82, 2.24) is 10.3 Å². The Morgan fingerprint density at radius 3 is 2.84 bits per heavy atom. The van der Waals surface area contributed by atoms with Crippen molar-refractivity contribution in [2.24, 2.45) is 5.41 Å². The number of rotatable bonds is 5. The maximum atomic E-state index is 11.9. The minimum Gasteiger partial charge on any atom is -0.361 e. The quantitative estimate of drug-likeness (QED) is 0.811. The Morgan fingerprint density at radius 2 is 2.11 bits per heavy atom.